The second kappa shape index (κ2) is 15.6. The first kappa shape index (κ1) is 42.8. The Balaban J connectivity index is 1.39. The molecule has 0 unspecified atom stereocenters. The lowest BCUT2D eigenvalue weighted by Gasteiger charge is -2.27. The molecule has 0 spiro atoms. The Morgan fingerprint density at radius 3 is 0.734 bits per heavy atom. The standard InChI is InChI=1S/C60H60N4/c1-57(2,3)41-31-39(32-42(35-41)58(4,5)6)55-49-27-23-45(61-49)53(37-19-15-13-16-20-37)47-25-29-51(63-47)56(40-33-43(59(7,8)9)36-44(34-40)60(10,11)12)52-30-26-48(64-52)54(38-21-17-14-18-22-38)46-24-28-50(55)62-46/h13-36H,1-12H3. The van der Waals surface area contributed by atoms with Crippen LogP contribution in [-0.2, 0) is 21.7 Å². The summed E-state index contributed by atoms with van der Waals surface area (Å²) >= 11 is 0. The topological polar surface area (TPSA) is 49.4 Å². The van der Waals surface area contributed by atoms with Crippen LogP contribution in [0.3, 0.4) is 0 Å². The van der Waals surface area contributed by atoms with E-state index in [4.69, 9.17) is 20.0 Å². The molecule has 64 heavy (non-hydrogen) atoms. The molecular weight excluding hydrogens is 777 g/mol. The molecule has 9 rings (SSSR count). The van der Waals surface area contributed by atoms with E-state index in [0.29, 0.717) is 0 Å². The van der Waals surface area contributed by atoms with Crippen molar-refractivity contribution in [3.63, 3.8) is 0 Å². The fourth-order valence-corrected chi connectivity index (χ4v) is 8.76. The smallest absolute Gasteiger partial charge is 0.0738 e. The van der Waals surface area contributed by atoms with Crippen LogP contribution in [0.2, 0.25) is 0 Å². The van der Waals surface area contributed by atoms with Gasteiger partial charge in [-0.15, -0.1) is 0 Å². The summed E-state index contributed by atoms with van der Waals surface area (Å²) in [5.74, 6) is 0. The van der Waals surface area contributed by atoms with Crippen molar-refractivity contribution < 1.29 is 0 Å². The third-order valence-corrected chi connectivity index (χ3v) is 12.6. The number of hydrogen-bond acceptors (Lipinski definition) is 4. The first-order chi connectivity index (χ1) is 30.2. The number of allylic oxidation sites excluding steroid dienone is 12. The molecule has 5 aliphatic rings. The summed E-state index contributed by atoms with van der Waals surface area (Å²) in [5.41, 5.74) is 20.0. The Bertz CT molecular complexity index is 2730. The van der Waals surface area contributed by atoms with Crippen LogP contribution >= 0.6 is 0 Å². The predicted octanol–water partition coefficient (Wildman–Crippen LogP) is 14.9. The molecule has 5 heterocycles. The second-order valence-electron chi connectivity index (χ2n) is 21.7. The molecular formula is C60H60N4. The van der Waals surface area contributed by atoms with E-state index >= 15 is 0 Å². The van der Waals surface area contributed by atoms with Gasteiger partial charge in [0.1, 0.15) is 0 Å². The summed E-state index contributed by atoms with van der Waals surface area (Å²) < 4.78 is 0. The van der Waals surface area contributed by atoms with Crippen LogP contribution in [0, 0.1) is 0 Å². The van der Waals surface area contributed by atoms with Crippen LogP contribution in [0.5, 0.6) is 0 Å². The van der Waals surface area contributed by atoms with Gasteiger partial charge in [-0.1, -0.05) is 180 Å². The zero-order chi connectivity index (χ0) is 45.3. The summed E-state index contributed by atoms with van der Waals surface area (Å²) in [4.78, 5) is 22.3. The van der Waals surface area contributed by atoms with Gasteiger partial charge in [-0.2, -0.15) is 0 Å². The van der Waals surface area contributed by atoms with Crippen LogP contribution in [-0.4, -0.2) is 22.8 Å². The van der Waals surface area contributed by atoms with Gasteiger partial charge in [0.25, 0.3) is 0 Å². The highest BCUT2D eigenvalue weighted by Gasteiger charge is 2.31. The van der Waals surface area contributed by atoms with E-state index in [0.717, 1.165) is 90.2 Å². The lowest BCUT2D eigenvalue weighted by Crippen LogP contribution is -2.17. The molecule has 0 saturated carbocycles. The SMILES string of the molecule is CC(C)(C)c1cc(C2=C3C=CC(=N3)C(c3ccccc3)=C3C=CC(=N3)C(c3cc(C(C)(C)C)cc(C(C)(C)C)c3)=C3C=CC(=N3)C(c3ccccc3)=C3C=CC2=N3)cc(C(C)(C)C)c1. The highest BCUT2D eigenvalue weighted by molar-refractivity contribution is 6.39. The van der Waals surface area contributed by atoms with Crippen molar-refractivity contribution in [3.05, 3.63) is 213 Å². The van der Waals surface area contributed by atoms with Gasteiger partial charge in [0, 0.05) is 22.3 Å². The maximum Gasteiger partial charge on any atom is 0.0738 e. The van der Waals surface area contributed by atoms with Gasteiger partial charge in [-0.25, -0.2) is 20.0 Å². The number of rotatable bonds is 4. The minimum Gasteiger partial charge on any atom is -0.248 e. The first-order valence-corrected chi connectivity index (χ1v) is 22.7. The highest BCUT2D eigenvalue weighted by Crippen LogP contribution is 2.42. The number of aliphatic imine (C=N–C) groups is 4. The van der Waals surface area contributed by atoms with Crippen LogP contribution in [0.15, 0.2) is 188 Å². The maximum atomic E-state index is 5.57. The monoisotopic (exact) mass is 836 g/mol. The van der Waals surface area contributed by atoms with E-state index in [-0.39, 0.29) is 21.7 Å². The molecule has 320 valence electrons. The molecule has 0 N–H and O–H groups in total. The van der Waals surface area contributed by atoms with E-state index in [9.17, 15) is 0 Å². The van der Waals surface area contributed by atoms with E-state index in [1.54, 1.807) is 0 Å². The molecule has 8 bridgehead atoms. The summed E-state index contributed by atoms with van der Waals surface area (Å²) in [6, 6.07) is 35.3. The zero-order valence-corrected chi connectivity index (χ0v) is 39.6. The van der Waals surface area contributed by atoms with Crippen LogP contribution < -0.4 is 0 Å². The molecule has 0 radical (unpaired) electrons. The lowest BCUT2D eigenvalue weighted by molar-refractivity contribution is 0.567. The Morgan fingerprint density at radius 1 is 0.266 bits per heavy atom. The van der Waals surface area contributed by atoms with E-state index in [1.807, 2.05) is 0 Å². The van der Waals surface area contributed by atoms with Gasteiger partial charge in [0.2, 0.25) is 0 Å². The van der Waals surface area contributed by atoms with E-state index < -0.39 is 0 Å². The molecule has 0 fully saturated rings. The van der Waals surface area contributed by atoms with Gasteiger partial charge in [-0.05, 0) is 115 Å². The van der Waals surface area contributed by atoms with Crippen molar-refractivity contribution in [3.8, 4) is 0 Å². The molecule has 4 heteroatoms. The highest BCUT2D eigenvalue weighted by atomic mass is 14.9. The Labute approximate surface area is 381 Å². The molecule has 0 aliphatic carbocycles. The average Bonchev–Trinajstić information content (AvgIpc) is 4.08. The van der Waals surface area contributed by atoms with Gasteiger partial charge < -0.3 is 0 Å². The van der Waals surface area contributed by atoms with Crippen LogP contribution in [0.1, 0.15) is 128 Å². The third kappa shape index (κ3) is 8.23. The number of hydrogen-bond donors (Lipinski definition) is 0. The Kier molecular flexibility index (Phi) is 10.4. The van der Waals surface area contributed by atoms with E-state index in [1.165, 1.54) is 22.3 Å². The normalized spacial score (nSPS) is 17.6. The molecule has 0 atom stereocenters. The van der Waals surface area contributed by atoms with Crippen molar-refractivity contribution in [2.75, 3.05) is 0 Å². The average molecular weight is 837 g/mol. The summed E-state index contributed by atoms with van der Waals surface area (Å²) in [7, 11) is 0. The quantitative estimate of drug-likeness (QED) is 0.197. The molecule has 0 aromatic heterocycles. The van der Waals surface area contributed by atoms with Gasteiger partial charge in [0.05, 0.1) is 45.6 Å². The van der Waals surface area contributed by atoms with Crippen molar-refractivity contribution >= 4 is 45.1 Å². The second-order valence-corrected chi connectivity index (χ2v) is 21.7. The number of benzene rings is 4. The Hall–Kier alpha value is -6.52. The van der Waals surface area contributed by atoms with Crippen molar-refractivity contribution in [2.45, 2.75) is 105 Å². The molecule has 5 aliphatic heterocycles. The molecule has 4 nitrogen and oxygen atoms in total. The number of fused-ring (bicyclic) bond motifs is 4. The fraction of sp³-hybridized carbons (Fsp3) is 0.267. The minimum absolute atomic E-state index is 0.0762. The molecule has 4 aromatic carbocycles. The summed E-state index contributed by atoms with van der Waals surface area (Å²) in [6.07, 6.45) is 17.3. The molecule has 4 aromatic rings. The van der Waals surface area contributed by atoms with Crippen LogP contribution in [0.25, 0.3) is 22.3 Å². The molecule has 0 saturated heterocycles. The lowest BCUT2D eigenvalue weighted by atomic mass is 9.78. The Morgan fingerprint density at radius 2 is 0.500 bits per heavy atom. The van der Waals surface area contributed by atoms with Gasteiger partial charge in [-0.3, -0.25) is 0 Å². The maximum absolute atomic E-state index is 5.57. The molecule has 0 amide bonds. The van der Waals surface area contributed by atoms with Crippen molar-refractivity contribution in [1.82, 2.24) is 0 Å². The van der Waals surface area contributed by atoms with Crippen molar-refractivity contribution in [1.29, 1.82) is 0 Å². The zero-order valence-electron chi connectivity index (χ0n) is 39.6. The minimum atomic E-state index is -0.0762. The van der Waals surface area contributed by atoms with Gasteiger partial charge in [0.15, 0.2) is 0 Å². The fourth-order valence-electron chi connectivity index (χ4n) is 8.76. The number of nitrogens with zero attached hydrogens (tertiary/aromatic N) is 4. The summed E-state index contributed by atoms with van der Waals surface area (Å²) in [5, 5.41) is 0. The largest absolute Gasteiger partial charge is 0.248 e. The van der Waals surface area contributed by atoms with Crippen LogP contribution in [0.4, 0.5) is 0 Å². The third-order valence-electron chi connectivity index (χ3n) is 12.6. The summed E-state index contributed by atoms with van der Waals surface area (Å²) in [6.45, 7) is 27.5. The van der Waals surface area contributed by atoms with Crippen molar-refractivity contribution in [2.24, 2.45) is 20.0 Å². The van der Waals surface area contributed by atoms with Gasteiger partial charge >= 0.3 is 0 Å². The first-order valence-electron chi connectivity index (χ1n) is 22.7. The van der Waals surface area contributed by atoms with E-state index in [2.05, 4.69) is 229 Å². The predicted molar refractivity (Wildman–Crippen MR) is 275 cm³/mol.